The van der Waals surface area contributed by atoms with Crippen LogP contribution in [0.4, 0.5) is 0 Å². The SMILES string of the molecule is C=CCOc1cccnc1C(=O)NCC(O)c1ccc(Cl)cc1. The number of carbonyl (C=O) groups is 1. The van der Waals surface area contributed by atoms with Gasteiger partial charge in [0.1, 0.15) is 6.61 Å². The number of ether oxygens (including phenoxy) is 1. The van der Waals surface area contributed by atoms with Gasteiger partial charge in [-0.25, -0.2) is 4.98 Å². The number of nitrogens with zero attached hydrogens (tertiary/aromatic N) is 1. The highest BCUT2D eigenvalue weighted by molar-refractivity contribution is 6.30. The van der Waals surface area contributed by atoms with E-state index in [9.17, 15) is 9.90 Å². The average molecular weight is 333 g/mol. The maximum Gasteiger partial charge on any atom is 0.273 e. The largest absolute Gasteiger partial charge is 0.487 e. The molecule has 0 aliphatic carbocycles. The van der Waals surface area contributed by atoms with Gasteiger partial charge in [0.05, 0.1) is 6.10 Å². The third kappa shape index (κ3) is 4.81. The summed E-state index contributed by atoms with van der Waals surface area (Å²) in [5.74, 6) is -0.0523. The molecule has 1 amide bonds. The molecule has 0 bridgehead atoms. The van der Waals surface area contributed by atoms with Crippen molar-refractivity contribution in [1.82, 2.24) is 10.3 Å². The second kappa shape index (κ2) is 8.31. The van der Waals surface area contributed by atoms with Gasteiger partial charge in [-0.15, -0.1) is 0 Å². The van der Waals surface area contributed by atoms with Crippen molar-refractivity contribution in [3.8, 4) is 5.75 Å². The standard InChI is InChI=1S/C17H17ClN2O3/c1-2-10-23-15-4-3-9-19-16(15)17(22)20-11-14(21)12-5-7-13(18)8-6-12/h2-9,14,21H,1,10-11H2,(H,20,22). The highest BCUT2D eigenvalue weighted by Gasteiger charge is 2.15. The number of aliphatic hydroxyl groups excluding tert-OH is 1. The highest BCUT2D eigenvalue weighted by Crippen LogP contribution is 2.17. The van der Waals surface area contributed by atoms with Crippen LogP contribution in [-0.4, -0.2) is 29.1 Å². The maximum absolute atomic E-state index is 12.2. The smallest absolute Gasteiger partial charge is 0.273 e. The monoisotopic (exact) mass is 332 g/mol. The molecule has 1 atom stereocenters. The summed E-state index contributed by atoms with van der Waals surface area (Å²) < 4.78 is 5.39. The van der Waals surface area contributed by atoms with Crippen LogP contribution in [0.25, 0.3) is 0 Å². The van der Waals surface area contributed by atoms with Gasteiger partial charge in [0.15, 0.2) is 11.4 Å². The van der Waals surface area contributed by atoms with E-state index in [-0.39, 0.29) is 18.8 Å². The molecule has 1 aromatic carbocycles. The molecule has 1 aromatic heterocycles. The van der Waals surface area contributed by atoms with Crippen LogP contribution in [0.5, 0.6) is 5.75 Å². The first-order valence-electron chi connectivity index (χ1n) is 7.02. The van der Waals surface area contributed by atoms with Crippen LogP contribution in [0.3, 0.4) is 0 Å². The van der Waals surface area contributed by atoms with Crippen molar-refractivity contribution < 1.29 is 14.6 Å². The summed E-state index contributed by atoms with van der Waals surface area (Å²) in [6.45, 7) is 3.89. The lowest BCUT2D eigenvalue weighted by Gasteiger charge is -2.13. The first kappa shape index (κ1) is 17.0. The van der Waals surface area contributed by atoms with E-state index in [2.05, 4.69) is 16.9 Å². The minimum atomic E-state index is -0.836. The van der Waals surface area contributed by atoms with Gasteiger partial charge in [-0.2, -0.15) is 0 Å². The lowest BCUT2D eigenvalue weighted by atomic mass is 10.1. The lowest BCUT2D eigenvalue weighted by Crippen LogP contribution is -2.29. The van der Waals surface area contributed by atoms with Crippen LogP contribution in [0.15, 0.2) is 55.3 Å². The Bertz CT molecular complexity index is 674. The summed E-state index contributed by atoms with van der Waals surface area (Å²) in [6, 6.07) is 10.1. The van der Waals surface area contributed by atoms with Gasteiger partial charge >= 0.3 is 0 Å². The van der Waals surface area contributed by atoms with Crippen LogP contribution >= 0.6 is 11.6 Å². The predicted molar refractivity (Wildman–Crippen MR) is 88.7 cm³/mol. The first-order chi connectivity index (χ1) is 11.1. The van der Waals surface area contributed by atoms with Gasteiger partial charge in [0, 0.05) is 17.8 Å². The van der Waals surface area contributed by atoms with Gasteiger partial charge in [0.2, 0.25) is 0 Å². The molecule has 0 aliphatic heterocycles. The Kier molecular flexibility index (Phi) is 6.14. The Morgan fingerprint density at radius 3 is 2.83 bits per heavy atom. The molecule has 0 saturated heterocycles. The fourth-order valence-electron chi connectivity index (χ4n) is 1.90. The fraction of sp³-hybridized carbons (Fsp3) is 0.176. The second-order valence-electron chi connectivity index (χ2n) is 4.73. The Morgan fingerprint density at radius 2 is 2.13 bits per heavy atom. The number of amides is 1. The topological polar surface area (TPSA) is 71.5 Å². The normalized spacial score (nSPS) is 11.6. The molecule has 0 fully saturated rings. The average Bonchev–Trinajstić information content (AvgIpc) is 2.58. The van der Waals surface area contributed by atoms with Crippen molar-refractivity contribution >= 4 is 17.5 Å². The van der Waals surface area contributed by atoms with E-state index in [0.717, 1.165) is 0 Å². The molecule has 120 valence electrons. The minimum absolute atomic E-state index is 0.0535. The number of benzene rings is 1. The van der Waals surface area contributed by atoms with Crippen molar-refractivity contribution in [3.63, 3.8) is 0 Å². The Morgan fingerprint density at radius 1 is 1.39 bits per heavy atom. The van der Waals surface area contributed by atoms with Crippen molar-refractivity contribution in [3.05, 3.63) is 71.5 Å². The molecule has 0 saturated carbocycles. The number of aromatic nitrogens is 1. The van der Waals surface area contributed by atoms with Crippen molar-refractivity contribution in [2.24, 2.45) is 0 Å². The number of nitrogens with one attached hydrogen (secondary N) is 1. The first-order valence-corrected chi connectivity index (χ1v) is 7.40. The zero-order valence-corrected chi connectivity index (χ0v) is 13.2. The highest BCUT2D eigenvalue weighted by atomic mass is 35.5. The zero-order chi connectivity index (χ0) is 16.7. The van der Waals surface area contributed by atoms with Crippen LogP contribution < -0.4 is 10.1 Å². The fourth-order valence-corrected chi connectivity index (χ4v) is 2.03. The third-order valence-corrected chi connectivity index (χ3v) is 3.31. The van der Waals surface area contributed by atoms with Gasteiger partial charge < -0.3 is 15.2 Å². The molecular formula is C17H17ClN2O3. The number of hydrogen-bond acceptors (Lipinski definition) is 4. The number of rotatable bonds is 7. The van der Waals surface area contributed by atoms with Gasteiger partial charge in [0.25, 0.3) is 5.91 Å². The number of hydrogen-bond donors (Lipinski definition) is 2. The van der Waals surface area contributed by atoms with Crippen molar-refractivity contribution in [1.29, 1.82) is 0 Å². The predicted octanol–water partition coefficient (Wildman–Crippen LogP) is 2.76. The summed E-state index contributed by atoms with van der Waals surface area (Å²) in [5.41, 5.74) is 0.830. The number of pyridine rings is 1. The van der Waals surface area contributed by atoms with Crippen LogP contribution in [0, 0.1) is 0 Å². The van der Waals surface area contributed by atoms with Gasteiger partial charge in [-0.1, -0.05) is 36.4 Å². The molecule has 0 radical (unpaired) electrons. The molecule has 1 unspecified atom stereocenters. The maximum atomic E-state index is 12.2. The lowest BCUT2D eigenvalue weighted by molar-refractivity contribution is 0.0907. The Balaban J connectivity index is 1.99. The molecule has 5 nitrogen and oxygen atoms in total. The number of carbonyl (C=O) groups excluding carboxylic acids is 1. The van der Waals surface area contributed by atoms with E-state index in [0.29, 0.717) is 16.3 Å². The molecule has 1 heterocycles. The molecule has 2 rings (SSSR count). The minimum Gasteiger partial charge on any atom is -0.487 e. The quantitative estimate of drug-likeness (QED) is 0.765. The van der Waals surface area contributed by atoms with Crippen molar-refractivity contribution in [2.45, 2.75) is 6.10 Å². The van der Waals surface area contributed by atoms with E-state index in [1.54, 1.807) is 42.5 Å². The van der Waals surface area contributed by atoms with E-state index in [4.69, 9.17) is 16.3 Å². The molecule has 6 heteroatoms. The van der Waals surface area contributed by atoms with E-state index >= 15 is 0 Å². The number of aliphatic hydroxyl groups is 1. The third-order valence-electron chi connectivity index (χ3n) is 3.05. The molecule has 2 N–H and O–H groups in total. The summed E-state index contributed by atoms with van der Waals surface area (Å²) in [7, 11) is 0. The number of halogens is 1. The summed E-state index contributed by atoms with van der Waals surface area (Å²) in [4.78, 5) is 16.2. The Labute approximate surface area is 139 Å². The van der Waals surface area contributed by atoms with E-state index < -0.39 is 12.0 Å². The summed E-state index contributed by atoms with van der Waals surface area (Å²) in [6.07, 6.45) is 2.25. The second-order valence-corrected chi connectivity index (χ2v) is 5.16. The molecule has 2 aromatic rings. The van der Waals surface area contributed by atoms with Crippen LogP contribution in [-0.2, 0) is 0 Å². The molecule has 0 spiro atoms. The van der Waals surface area contributed by atoms with Crippen molar-refractivity contribution in [2.75, 3.05) is 13.2 Å². The van der Waals surface area contributed by atoms with Crippen LogP contribution in [0.2, 0.25) is 5.02 Å². The molecule has 0 aliphatic rings. The molecule has 23 heavy (non-hydrogen) atoms. The summed E-state index contributed by atoms with van der Waals surface area (Å²) >= 11 is 5.80. The summed E-state index contributed by atoms with van der Waals surface area (Å²) in [5, 5.41) is 13.3. The van der Waals surface area contributed by atoms with Crippen LogP contribution in [0.1, 0.15) is 22.2 Å². The van der Waals surface area contributed by atoms with E-state index in [1.165, 1.54) is 6.20 Å². The Hall–Kier alpha value is -2.37. The zero-order valence-electron chi connectivity index (χ0n) is 12.4. The van der Waals surface area contributed by atoms with Gasteiger partial charge in [-0.3, -0.25) is 4.79 Å². The molecular weight excluding hydrogens is 316 g/mol. The van der Waals surface area contributed by atoms with Gasteiger partial charge in [-0.05, 0) is 29.8 Å². The van der Waals surface area contributed by atoms with E-state index in [1.807, 2.05) is 0 Å².